The first-order valence-electron chi connectivity index (χ1n) is 7.89. The lowest BCUT2D eigenvalue weighted by atomic mass is 10.1. The molecule has 1 heterocycles. The molecule has 0 radical (unpaired) electrons. The number of hydrogen-bond acceptors (Lipinski definition) is 3. The Morgan fingerprint density at radius 2 is 2.04 bits per heavy atom. The Morgan fingerprint density at radius 3 is 2.78 bits per heavy atom. The summed E-state index contributed by atoms with van der Waals surface area (Å²) in [6.45, 7) is 6.87. The Bertz CT molecular complexity index is 613. The molecular formula is C18H24N4O. The van der Waals surface area contributed by atoms with E-state index >= 15 is 0 Å². The summed E-state index contributed by atoms with van der Waals surface area (Å²) in [5.41, 5.74) is 2.49. The second-order valence-electron chi connectivity index (χ2n) is 5.09. The summed E-state index contributed by atoms with van der Waals surface area (Å²) < 4.78 is 5.61. The number of rotatable bonds is 7. The molecule has 0 unspecified atom stereocenters. The quantitative estimate of drug-likeness (QED) is 0.468. The smallest absolute Gasteiger partial charge is 0.191 e. The van der Waals surface area contributed by atoms with Gasteiger partial charge in [0.15, 0.2) is 5.96 Å². The van der Waals surface area contributed by atoms with Gasteiger partial charge in [-0.1, -0.05) is 24.3 Å². The number of nitrogens with one attached hydrogen (secondary N) is 2. The fourth-order valence-electron chi connectivity index (χ4n) is 2.06. The zero-order chi connectivity index (χ0) is 16.3. The van der Waals surface area contributed by atoms with Crippen LogP contribution in [0.15, 0.2) is 53.8 Å². The summed E-state index contributed by atoms with van der Waals surface area (Å²) in [7, 11) is 0. The third kappa shape index (κ3) is 5.98. The van der Waals surface area contributed by atoms with Crippen molar-refractivity contribution in [1.29, 1.82) is 0 Å². The van der Waals surface area contributed by atoms with Crippen molar-refractivity contribution in [3.8, 4) is 5.75 Å². The molecule has 0 aliphatic rings. The molecule has 0 saturated heterocycles. The van der Waals surface area contributed by atoms with Crippen LogP contribution in [-0.4, -0.2) is 30.6 Å². The summed E-state index contributed by atoms with van der Waals surface area (Å²) in [6, 6.07) is 12.0. The average Bonchev–Trinajstić information content (AvgIpc) is 2.58. The molecular weight excluding hydrogens is 288 g/mol. The van der Waals surface area contributed by atoms with Crippen molar-refractivity contribution < 1.29 is 4.74 Å². The molecule has 0 spiro atoms. The number of nitrogens with zero attached hydrogens (tertiary/aromatic N) is 2. The third-order valence-electron chi connectivity index (χ3n) is 3.31. The van der Waals surface area contributed by atoms with Gasteiger partial charge in [-0.3, -0.25) is 4.98 Å². The molecule has 1 aromatic heterocycles. The number of guanidine groups is 1. The Hall–Kier alpha value is -2.56. The number of ether oxygens (including phenoxy) is 1. The van der Waals surface area contributed by atoms with Crippen LogP contribution in [0.3, 0.4) is 0 Å². The van der Waals surface area contributed by atoms with Gasteiger partial charge in [0.25, 0.3) is 0 Å². The molecule has 2 N–H and O–H groups in total. The lowest BCUT2D eigenvalue weighted by Gasteiger charge is -2.12. The molecule has 0 aliphatic heterocycles. The third-order valence-corrected chi connectivity index (χ3v) is 3.31. The molecule has 0 amide bonds. The maximum absolute atomic E-state index is 5.61. The van der Waals surface area contributed by atoms with Gasteiger partial charge in [-0.2, -0.15) is 0 Å². The molecule has 5 heteroatoms. The fraction of sp³-hybridized carbons (Fsp3) is 0.333. The van der Waals surface area contributed by atoms with Gasteiger partial charge >= 0.3 is 0 Å². The van der Waals surface area contributed by atoms with Crippen molar-refractivity contribution in [3.63, 3.8) is 0 Å². The average molecular weight is 312 g/mol. The van der Waals surface area contributed by atoms with E-state index in [9.17, 15) is 0 Å². The number of aromatic nitrogens is 1. The van der Waals surface area contributed by atoms with Crippen molar-refractivity contribution in [3.05, 3.63) is 59.9 Å². The summed E-state index contributed by atoms with van der Waals surface area (Å²) in [5.74, 6) is 1.57. The van der Waals surface area contributed by atoms with Gasteiger partial charge in [-0.05, 0) is 37.1 Å². The van der Waals surface area contributed by atoms with E-state index in [1.807, 2.05) is 24.3 Å². The summed E-state index contributed by atoms with van der Waals surface area (Å²) >= 11 is 0. The zero-order valence-electron chi connectivity index (χ0n) is 13.7. The van der Waals surface area contributed by atoms with Crippen LogP contribution in [0.25, 0.3) is 0 Å². The highest BCUT2D eigenvalue weighted by atomic mass is 16.5. The van der Waals surface area contributed by atoms with E-state index in [2.05, 4.69) is 46.6 Å². The first-order chi connectivity index (χ1) is 11.3. The van der Waals surface area contributed by atoms with Crippen LogP contribution in [0.1, 0.15) is 18.1 Å². The zero-order valence-corrected chi connectivity index (χ0v) is 13.7. The SMILES string of the molecule is CCNC(=NCc1ccccc1C)NCCOc1cccnc1. The largest absolute Gasteiger partial charge is 0.490 e. The molecule has 2 rings (SSSR count). The molecule has 1 aromatic carbocycles. The van der Waals surface area contributed by atoms with Crippen molar-refractivity contribution in [2.75, 3.05) is 19.7 Å². The normalized spacial score (nSPS) is 11.1. The number of aryl methyl sites for hydroxylation is 1. The van der Waals surface area contributed by atoms with E-state index in [1.165, 1.54) is 11.1 Å². The van der Waals surface area contributed by atoms with E-state index in [1.54, 1.807) is 12.4 Å². The molecule has 0 bridgehead atoms. The summed E-state index contributed by atoms with van der Waals surface area (Å²) in [4.78, 5) is 8.63. The van der Waals surface area contributed by atoms with Crippen molar-refractivity contribution in [2.24, 2.45) is 4.99 Å². The molecule has 0 saturated carbocycles. The number of benzene rings is 1. The predicted molar refractivity (Wildman–Crippen MR) is 93.7 cm³/mol. The van der Waals surface area contributed by atoms with Gasteiger partial charge in [0, 0.05) is 12.7 Å². The van der Waals surface area contributed by atoms with Crippen LogP contribution >= 0.6 is 0 Å². The first-order valence-corrected chi connectivity index (χ1v) is 7.89. The van der Waals surface area contributed by atoms with E-state index in [0.29, 0.717) is 19.7 Å². The highest BCUT2D eigenvalue weighted by Gasteiger charge is 2.00. The highest BCUT2D eigenvalue weighted by Crippen LogP contribution is 2.08. The molecule has 0 aliphatic carbocycles. The van der Waals surface area contributed by atoms with Crippen molar-refractivity contribution >= 4 is 5.96 Å². The Balaban J connectivity index is 1.81. The molecule has 23 heavy (non-hydrogen) atoms. The fourth-order valence-corrected chi connectivity index (χ4v) is 2.06. The standard InChI is InChI=1S/C18H24N4O/c1-3-20-18(22-13-16-8-5-4-7-15(16)2)21-11-12-23-17-9-6-10-19-14-17/h4-10,14H,3,11-13H2,1-2H3,(H2,20,21,22). The summed E-state index contributed by atoms with van der Waals surface area (Å²) in [6.07, 6.45) is 3.43. The van der Waals surface area contributed by atoms with Crippen LogP contribution in [0.2, 0.25) is 0 Å². The van der Waals surface area contributed by atoms with E-state index < -0.39 is 0 Å². The van der Waals surface area contributed by atoms with Gasteiger partial charge in [-0.15, -0.1) is 0 Å². The van der Waals surface area contributed by atoms with Crippen LogP contribution < -0.4 is 15.4 Å². The minimum Gasteiger partial charge on any atom is -0.490 e. The van der Waals surface area contributed by atoms with Gasteiger partial charge in [0.05, 0.1) is 19.3 Å². The Labute approximate surface area is 137 Å². The van der Waals surface area contributed by atoms with Gasteiger partial charge in [0.2, 0.25) is 0 Å². The molecule has 0 fully saturated rings. The predicted octanol–water partition coefficient (Wildman–Crippen LogP) is 2.52. The minimum absolute atomic E-state index is 0.556. The van der Waals surface area contributed by atoms with Crippen LogP contribution in [0, 0.1) is 6.92 Å². The lowest BCUT2D eigenvalue weighted by molar-refractivity contribution is 0.320. The number of hydrogen-bond donors (Lipinski definition) is 2. The van der Waals surface area contributed by atoms with Crippen LogP contribution in [0.5, 0.6) is 5.75 Å². The van der Waals surface area contributed by atoms with E-state index in [4.69, 9.17) is 4.74 Å². The summed E-state index contributed by atoms with van der Waals surface area (Å²) in [5, 5.41) is 6.52. The number of aliphatic imine (C=N–C) groups is 1. The molecule has 122 valence electrons. The maximum atomic E-state index is 5.61. The molecule has 2 aromatic rings. The Kier molecular flexibility index (Phi) is 6.91. The van der Waals surface area contributed by atoms with Gasteiger partial charge < -0.3 is 15.4 Å². The molecule has 5 nitrogen and oxygen atoms in total. The van der Waals surface area contributed by atoms with Gasteiger partial charge in [-0.25, -0.2) is 4.99 Å². The van der Waals surface area contributed by atoms with E-state index in [-0.39, 0.29) is 0 Å². The number of pyridine rings is 1. The lowest BCUT2D eigenvalue weighted by Crippen LogP contribution is -2.39. The van der Waals surface area contributed by atoms with Crippen molar-refractivity contribution in [2.45, 2.75) is 20.4 Å². The van der Waals surface area contributed by atoms with Crippen LogP contribution in [-0.2, 0) is 6.54 Å². The first kappa shape index (κ1) is 16.8. The van der Waals surface area contributed by atoms with Crippen molar-refractivity contribution in [1.82, 2.24) is 15.6 Å². The maximum Gasteiger partial charge on any atom is 0.191 e. The van der Waals surface area contributed by atoms with Gasteiger partial charge in [0.1, 0.15) is 12.4 Å². The molecule has 0 atom stereocenters. The minimum atomic E-state index is 0.556. The monoisotopic (exact) mass is 312 g/mol. The Morgan fingerprint density at radius 1 is 1.17 bits per heavy atom. The topological polar surface area (TPSA) is 58.5 Å². The highest BCUT2D eigenvalue weighted by molar-refractivity contribution is 5.79. The van der Waals surface area contributed by atoms with E-state index in [0.717, 1.165) is 18.3 Å². The second kappa shape index (κ2) is 9.46. The van der Waals surface area contributed by atoms with Crippen LogP contribution in [0.4, 0.5) is 0 Å². The second-order valence-corrected chi connectivity index (χ2v) is 5.09.